The minimum Gasteiger partial charge on any atom is -0.377 e. The molecule has 0 bridgehead atoms. The summed E-state index contributed by atoms with van der Waals surface area (Å²) in [6, 6.07) is 8.80. The van der Waals surface area contributed by atoms with Crippen LogP contribution in [-0.4, -0.2) is 40.9 Å². The summed E-state index contributed by atoms with van der Waals surface area (Å²) in [6.45, 7) is 4.20. The van der Waals surface area contributed by atoms with Crippen LogP contribution in [0.4, 0.5) is 0 Å². The molecule has 0 fully saturated rings. The number of ether oxygens (including phenoxy) is 1. The number of nitrogens with one attached hydrogen (secondary N) is 2. The summed E-state index contributed by atoms with van der Waals surface area (Å²) >= 11 is 0. The molecule has 1 aliphatic rings. The van der Waals surface area contributed by atoms with Gasteiger partial charge >= 0.3 is 0 Å². The molecule has 1 aromatic heterocycles. The van der Waals surface area contributed by atoms with Crippen LogP contribution in [0.15, 0.2) is 29.3 Å². The molecule has 7 nitrogen and oxygen atoms in total. The van der Waals surface area contributed by atoms with Gasteiger partial charge < -0.3 is 15.4 Å². The van der Waals surface area contributed by atoms with Crippen molar-refractivity contribution in [3.8, 4) is 0 Å². The molecule has 140 valence electrons. The predicted octanol–water partition coefficient (Wildman–Crippen LogP) is 1.67. The quantitative estimate of drug-likeness (QED) is 0.608. The number of guanidine groups is 1. The third-order valence-electron chi connectivity index (χ3n) is 4.69. The van der Waals surface area contributed by atoms with Gasteiger partial charge in [0, 0.05) is 33.2 Å². The Balaban J connectivity index is 1.57. The maximum Gasteiger partial charge on any atom is 0.191 e. The Hall–Kier alpha value is -2.41. The molecule has 1 aromatic carbocycles. The highest BCUT2D eigenvalue weighted by Crippen LogP contribution is 2.14. The maximum atomic E-state index is 5.12. The molecule has 0 amide bonds. The number of aliphatic imine (C=N–C) groups is 1. The lowest BCUT2D eigenvalue weighted by molar-refractivity contribution is 0.177. The van der Waals surface area contributed by atoms with E-state index in [0.717, 1.165) is 50.0 Å². The highest BCUT2D eigenvalue weighted by Gasteiger charge is 2.22. The largest absolute Gasteiger partial charge is 0.377 e. The highest BCUT2D eigenvalue weighted by molar-refractivity contribution is 5.80. The van der Waals surface area contributed by atoms with Crippen LogP contribution in [0, 0.1) is 0 Å². The Labute approximate surface area is 154 Å². The van der Waals surface area contributed by atoms with Gasteiger partial charge in [0.15, 0.2) is 11.8 Å². The molecule has 0 radical (unpaired) electrons. The van der Waals surface area contributed by atoms with Gasteiger partial charge in [-0.2, -0.15) is 5.10 Å². The van der Waals surface area contributed by atoms with Crippen molar-refractivity contribution in [3.05, 3.63) is 47.0 Å². The second-order valence-corrected chi connectivity index (χ2v) is 6.49. The number of hydrogen-bond acceptors (Lipinski definition) is 4. The Morgan fingerprint density at radius 1 is 1.35 bits per heavy atom. The minimum absolute atomic E-state index is 0.284. The number of hydrogen-bond donors (Lipinski definition) is 2. The third-order valence-corrected chi connectivity index (χ3v) is 4.69. The summed E-state index contributed by atoms with van der Waals surface area (Å²) in [7, 11) is 3.47. The first kappa shape index (κ1) is 18.4. The fourth-order valence-corrected chi connectivity index (χ4v) is 3.31. The van der Waals surface area contributed by atoms with Gasteiger partial charge in [0.05, 0.1) is 6.54 Å². The summed E-state index contributed by atoms with van der Waals surface area (Å²) in [5.74, 6) is 2.61. The number of methoxy groups -OCH3 is 1. The first-order valence-corrected chi connectivity index (χ1v) is 9.19. The summed E-state index contributed by atoms with van der Waals surface area (Å²) < 4.78 is 7.11. The Morgan fingerprint density at radius 3 is 2.88 bits per heavy atom. The Kier molecular flexibility index (Phi) is 6.22. The zero-order chi connectivity index (χ0) is 18.4. The molecule has 7 heteroatoms. The molecule has 1 aliphatic heterocycles. The van der Waals surface area contributed by atoms with Gasteiger partial charge in [-0.3, -0.25) is 4.99 Å². The van der Waals surface area contributed by atoms with Gasteiger partial charge in [0.2, 0.25) is 0 Å². The highest BCUT2D eigenvalue weighted by atomic mass is 16.5. The van der Waals surface area contributed by atoms with Crippen LogP contribution in [0.25, 0.3) is 0 Å². The predicted molar refractivity (Wildman–Crippen MR) is 102 cm³/mol. The lowest BCUT2D eigenvalue weighted by Crippen LogP contribution is -2.46. The van der Waals surface area contributed by atoms with E-state index < -0.39 is 0 Å². The first-order valence-electron chi connectivity index (χ1n) is 9.19. The van der Waals surface area contributed by atoms with Crippen LogP contribution in [0.3, 0.4) is 0 Å². The molecule has 0 aliphatic carbocycles. The summed E-state index contributed by atoms with van der Waals surface area (Å²) in [6.07, 6.45) is 2.95. The van der Waals surface area contributed by atoms with Gasteiger partial charge in [0.1, 0.15) is 12.4 Å². The van der Waals surface area contributed by atoms with Crippen molar-refractivity contribution in [2.75, 3.05) is 14.2 Å². The number of aryl methyl sites for hydroxylation is 2. The van der Waals surface area contributed by atoms with Crippen LogP contribution in [0.5, 0.6) is 0 Å². The van der Waals surface area contributed by atoms with Crippen molar-refractivity contribution in [3.63, 3.8) is 0 Å². The van der Waals surface area contributed by atoms with E-state index >= 15 is 0 Å². The monoisotopic (exact) mass is 356 g/mol. The van der Waals surface area contributed by atoms with Gasteiger partial charge in [-0.05, 0) is 24.0 Å². The van der Waals surface area contributed by atoms with E-state index in [1.165, 1.54) is 11.1 Å². The SMILES string of the molecule is CCc1ccccc1CNC(=NC)NC1CCc2nc(COC)nn2C1. The van der Waals surface area contributed by atoms with Gasteiger partial charge in [0.25, 0.3) is 0 Å². The lowest BCUT2D eigenvalue weighted by Gasteiger charge is -2.25. The standard InChI is InChI=1S/C19H28N6O/c1-4-14-7-5-6-8-15(14)11-21-19(20-2)22-16-9-10-18-23-17(13-26-3)24-25(18)12-16/h5-8,16H,4,9-13H2,1-3H3,(H2,20,21,22). The third kappa shape index (κ3) is 4.40. The van der Waals surface area contributed by atoms with Gasteiger partial charge in [-0.25, -0.2) is 9.67 Å². The molecule has 1 unspecified atom stereocenters. The molecule has 1 atom stereocenters. The molecule has 0 spiro atoms. The van der Waals surface area contributed by atoms with Crippen LogP contribution >= 0.6 is 0 Å². The topological polar surface area (TPSA) is 76.4 Å². The number of rotatable bonds is 6. The van der Waals surface area contributed by atoms with Crippen LogP contribution < -0.4 is 10.6 Å². The van der Waals surface area contributed by atoms with Crippen molar-refractivity contribution in [2.45, 2.75) is 51.9 Å². The zero-order valence-electron chi connectivity index (χ0n) is 15.8. The van der Waals surface area contributed by atoms with Crippen molar-refractivity contribution in [1.29, 1.82) is 0 Å². The molecule has 0 saturated heterocycles. The van der Waals surface area contributed by atoms with Crippen LogP contribution in [-0.2, 0) is 37.3 Å². The molecule has 2 heterocycles. The molecular formula is C19H28N6O. The second kappa shape index (κ2) is 8.80. The molecule has 2 aromatic rings. The average molecular weight is 356 g/mol. The minimum atomic E-state index is 0.284. The lowest BCUT2D eigenvalue weighted by atomic mass is 10.1. The summed E-state index contributed by atoms with van der Waals surface area (Å²) in [4.78, 5) is 8.90. The zero-order valence-corrected chi connectivity index (χ0v) is 15.8. The normalized spacial score (nSPS) is 17.0. The summed E-state index contributed by atoms with van der Waals surface area (Å²) in [5.41, 5.74) is 2.68. The van der Waals surface area contributed by atoms with Crippen molar-refractivity contribution >= 4 is 5.96 Å². The van der Waals surface area contributed by atoms with E-state index in [1.807, 2.05) is 11.7 Å². The molecule has 2 N–H and O–H groups in total. The average Bonchev–Trinajstić information content (AvgIpc) is 3.07. The van der Waals surface area contributed by atoms with Crippen LogP contribution in [0.1, 0.15) is 36.1 Å². The van der Waals surface area contributed by atoms with E-state index in [2.05, 4.69) is 56.9 Å². The number of fused-ring (bicyclic) bond motifs is 1. The fourth-order valence-electron chi connectivity index (χ4n) is 3.31. The van der Waals surface area contributed by atoms with Gasteiger partial charge in [-0.1, -0.05) is 31.2 Å². The smallest absolute Gasteiger partial charge is 0.191 e. The van der Waals surface area contributed by atoms with E-state index in [0.29, 0.717) is 6.61 Å². The number of aromatic nitrogens is 3. The van der Waals surface area contributed by atoms with Crippen molar-refractivity contribution in [2.24, 2.45) is 4.99 Å². The van der Waals surface area contributed by atoms with Crippen LogP contribution in [0.2, 0.25) is 0 Å². The van der Waals surface area contributed by atoms with E-state index in [9.17, 15) is 0 Å². The summed E-state index contributed by atoms with van der Waals surface area (Å²) in [5, 5.41) is 11.5. The van der Waals surface area contributed by atoms with Crippen molar-refractivity contribution < 1.29 is 4.74 Å². The molecule has 26 heavy (non-hydrogen) atoms. The first-order chi connectivity index (χ1) is 12.7. The molecule has 3 rings (SSSR count). The van der Waals surface area contributed by atoms with E-state index in [-0.39, 0.29) is 6.04 Å². The van der Waals surface area contributed by atoms with E-state index in [4.69, 9.17) is 4.74 Å². The Bertz CT molecular complexity index is 754. The fraction of sp³-hybridized carbons (Fsp3) is 0.526. The van der Waals surface area contributed by atoms with Gasteiger partial charge in [-0.15, -0.1) is 0 Å². The molecular weight excluding hydrogens is 328 g/mol. The number of benzene rings is 1. The molecule has 0 saturated carbocycles. The number of nitrogens with zero attached hydrogens (tertiary/aromatic N) is 4. The van der Waals surface area contributed by atoms with E-state index in [1.54, 1.807) is 7.11 Å². The van der Waals surface area contributed by atoms with Crippen molar-refractivity contribution in [1.82, 2.24) is 25.4 Å². The second-order valence-electron chi connectivity index (χ2n) is 6.49. The maximum absolute atomic E-state index is 5.12. The Morgan fingerprint density at radius 2 is 2.15 bits per heavy atom.